The molecule has 1 heterocycles. The van der Waals surface area contributed by atoms with Crippen LogP contribution in [0.2, 0.25) is 0 Å². The normalized spacial score (nSPS) is 9.42. The van der Waals surface area contributed by atoms with Crippen molar-refractivity contribution in [3.05, 3.63) is 28.0 Å². The van der Waals surface area contributed by atoms with E-state index in [4.69, 9.17) is 10.9 Å². The van der Waals surface area contributed by atoms with Crippen LogP contribution in [0.15, 0.2) is 16.9 Å². The summed E-state index contributed by atoms with van der Waals surface area (Å²) in [6, 6.07) is 2.29. The number of rotatable bonds is 1. The number of aromatic amines is 1. The van der Waals surface area contributed by atoms with Crippen LogP contribution in [0.5, 0.6) is 5.88 Å². The van der Waals surface area contributed by atoms with E-state index in [0.717, 1.165) is 6.07 Å². The van der Waals surface area contributed by atoms with Crippen LogP contribution in [0.4, 0.5) is 0 Å². The lowest BCUT2D eigenvalue weighted by molar-refractivity contribution is 0.0950. The fraction of sp³-hybridized carbons (Fsp3) is 0. The minimum Gasteiger partial charge on any atom is -0.494 e. The van der Waals surface area contributed by atoms with Gasteiger partial charge in [-0.15, -0.1) is 0 Å². The average Bonchev–Trinajstić information content (AvgIpc) is 2.03. The molecule has 6 heteroatoms. The molecule has 0 atom stereocenters. The van der Waals surface area contributed by atoms with Gasteiger partial charge in [-0.25, -0.2) is 5.84 Å². The Hall–Kier alpha value is -1.82. The van der Waals surface area contributed by atoms with Gasteiger partial charge in [0.2, 0.25) is 5.88 Å². The molecule has 1 aromatic heterocycles. The zero-order valence-corrected chi connectivity index (χ0v) is 6.00. The molecule has 1 amide bonds. The largest absolute Gasteiger partial charge is 0.494 e. The van der Waals surface area contributed by atoms with E-state index in [2.05, 4.69) is 0 Å². The van der Waals surface area contributed by atoms with Crippen LogP contribution in [0.3, 0.4) is 0 Å². The molecular formula is C6H7N3O3. The topological polar surface area (TPSA) is 108 Å². The number of H-pyrrole nitrogens is 1. The van der Waals surface area contributed by atoms with Gasteiger partial charge in [0.05, 0.1) is 0 Å². The van der Waals surface area contributed by atoms with E-state index in [1.54, 1.807) is 0 Å². The molecule has 0 bridgehead atoms. The van der Waals surface area contributed by atoms with Crippen molar-refractivity contribution < 1.29 is 9.90 Å². The molecule has 0 spiro atoms. The average molecular weight is 169 g/mol. The second-order valence-electron chi connectivity index (χ2n) is 2.06. The maximum absolute atomic E-state index is 10.8. The lowest BCUT2D eigenvalue weighted by Crippen LogP contribution is -2.30. The molecule has 64 valence electrons. The molecule has 12 heavy (non-hydrogen) atoms. The van der Waals surface area contributed by atoms with Gasteiger partial charge in [0.1, 0.15) is 5.56 Å². The molecule has 1 rings (SSSR count). The summed E-state index contributed by atoms with van der Waals surface area (Å²) in [5.74, 6) is 3.65. The summed E-state index contributed by atoms with van der Waals surface area (Å²) in [5, 5.41) is 9.02. The van der Waals surface area contributed by atoms with Crippen LogP contribution >= 0.6 is 0 Å². The van der Waals surface area contributed by atoms with Crippen molar-refractivity contribution in [1.29, 1.82) is 0 Å². The highest BCUT2D eigenvalue weighted by Gasteiger charge is 2.08. The molecule has 0 unspecified atom stereocenters. The first-order valence-corrected chi connectivity index (χ1v) is 3.08. The maximum Gasteiger partial charge on any atom is 0.270 e. The Morgan fingerprint density at radius 2 is 2.25 bits per heavy atom. The van der Waals surface area contributed by atoms with Gasteiger partial charge in [-0.2, -0.15) is 0 Å². The van der Waals surface area contributed by atoms with Crippen molar-refractivity contribution >= 4 is 5.91 Å². The van der Waals surface area contributed by atoms with Crippen LogP contribution in [-0.4, -0.2) is 16.0 Å². The van der Waals surface area contributed by atoms with E-state index < -0.39 is 17.3 Å². The molecule has 0 saturated carbocycles. The van der Waals surface area contributed by atoms with Crippen molar-refractivity contribution in [2.24, 2.45) is 5.84 Å². The maximum atomic E-state index is 10.8. The van der Waals surface area contributed by atoms with Crippen molar-refractivity contribution in [2.45, 2.75) is 0 Å². The predicted molar refractivity (Wildman–Crippen MR) is 40.4 cm³/mol. The first-order valence-electron chi connectivity index (χ1n) is 3.08. The molecule has 0 aliphatic heterocycles. The monoisotopic (exact) mass is 169 g/mol. The van der Waals surface area contributed by atoms with Gasteiger partial charge in [0.25, 0.3) is 11.5 Å². The van der Waals surface area contributed by atoms with Crippen molar-refractivity contribution in [3.63, 3.8) is 0 Å². The summed E-state index contributed by atoms with van der Waals surface area (Å²) in [4.78, 5) is 23.4. The Labute approximate surface area is 67.0 Å². The van der Waals surface area contributed by atoms with Gasteiger partial charge in [0.15, 0.2) is 0 Å². The third-order valence-corrected chi connectivity index (χ3v) is 1.27. The summed E-state index contributed by atoms with van der Waals surface area (Å²) in [6.45, 7) is 0. The van der Waals surface area contributed by atoms with Gasteiger partial charge in [-0.05, 0) is 6.07 Å². The number of aromatic nitrogens is 1. The van der Waals surface area contributed by atoms with Crippen LogP contribution < -0.4 is 16.8 Å². The smallest absolute Gasteiger partial charge is 0.270 e. The Kier molecular flexibility index (Phi) is 2.11. The molecule has 0 saturated heterocycles. The van der Waals surface area contributed by atoms with E-state index in [1.165, 1.54) is 6.07 Å². The molecule has 6 nitrogen and oxygen atoms in total. The van der Waals surface area contributed by atoms with Crippen molar-refractivity contribution in [3.8, 4) is 5.88 Å². The minimum atomic E-state index is -0.663. The minimum absolute atomic E-state index is 0.0721. The standard InChI is InChI=1S/C6H7N3O3/c7-9-6(12)3-1-2-4(10)8-5(3)11/h1-2H,7H2,(H,9,12)(H2,8,10,11). The van der Waals surface area contributed by atoms with Crippen LogP contribution in [0, 0.1) is 0 Å². The van der Waals surface area contributed by atoms with Gasteiger partial charge in [-0.3, -0.25) is 20.0 Å². The molecule has 5 N–H and O–H groups in total. The number of nitrogens with one attached hydrogen (secondary N) is 2. The Balaban J connectivity index is 3.18. The second-order valence-corrected chi connectivity index (χ2v) is 2.06. The number of amides is 1. The lowest BCUT2D eigenvalue weighted by Gasteiger charge is -2.00. The Morgan fingerprint density at radius 3 is 2.75 bits per heavy atom. The summed E-state index contributed by atoms with van der Waals surface area (Å²) < 4.78 is 0. The number of pyridine rings is 1. The van der Waals surface area contributed by atoms with Crippen molar-refractivity contribution in [2.75, 3.05) is 0 Å². The first kappa shape index (κ1) is 8.28. The van der Waals surface area contributed by atoms with E-state index >= 15 is 0 Å². The summed E-state index contributed by atoms with van der Waals surface area (Å²) >= 11 is 0. The lowest BCUT2D eigenvalue weighted by atomic mass is 10.2. The fourth-order valence-electron chi connectivity index (χ4n) is 0.725. The number of carbonyl (C=O) groups excluding carboxylic acids is 1. The van der Waals surface area contributed by atoms with Gasteiger partial charge < -0.3 is 5.11 Å². The number of nitrogens with two attached hydrogens (primary N) is 1. The second kappa shape index (κ2) is 3.05. The summed E-state index contributed by atoms with van der Waals surface area (Å²) in [7, 11) is 0. The number of hydrogen-bond acceptors (Lipinski definition) is 4. The third-order valence-electron chi connectivity index (χ3n) is 1.27. The summed E-state index contributed by atoms with van der Waals surface area (Å²) in [6.07, 6.45) is 0. The zero-order valence-electron chi connectivity index (χ0n) is 6.00. The Morgan fingerprint density at radius 1 is 1.58 bits per heavy atom. The molecule has 0 aliphatic carbocycles. The zero-order chi connectivity index (χ0) is 9.14. The molecule has 0 fully saturated rings. The van der Waals surface area contributed by atoms with E-state index in [9.17, 15) is 9.59 Å². The number of carbonyl (C=O) groups is 1. The van der Waals surface area contributed by atoms with Gasteiger partial charge in [-0.1, -0.05) is 0 Å². The third kappa shape index (κ3) is 1.43. The van der Waals surface area contributed by atoms with Crippen LogP contribution in [-0.2, 0) is 0 Å². The van der Waals surface area contributed by atoms with Crippen LogP contribution in [0.1, 0.15) is 10.4 Å². The van der Waals surface area contributed by atoms with E-state index in [0.29, 0.717) is 0 Å². The highest BCUT2D eigenvalue weighted by Crippen LogP contribution is 2.08. The number of hydrazine groups is 1. The predicted octanol–water partition coefficient (Wildman–Crippen LogP) is -1.32. The molecule has 0 radical (unpaired) electrons. The Bertz CT molecular complexity index is 357. The van der Waals surface area contributed by atoms with Crippen molar-refractivity contribution in [1.82, 2.24) is 10.4 Å². The number of hydrogen-bond donors (Lipinski definition) is 4. The van der Waals surface area contributed by atoms with Gasteiger partial charge >= 0.3 is 0 Å². The highest BCUT2D eigenvalue weighted by molar-refractivity contribution is 5.95. The first-order chi connectivity index (χ1) is 5.65. The molecule has 0 aliphatic rings. The SMILES string of the molecule is NNC(=O)c1ccc(=O)[nH]c1O. The summed E-state index contributed by atoms with van der Waals surface area (Å²) in [5.41, 5.74) is 1.26. The molecule has 1 aromatic rings. The quantitative estimate of drug-likeness (QED) is 0.237. The highest BCUT2D eigenvalue weighted by atomic mass is 16.3. The number of aromatic hydroxyl groups is 1. The van der Waals surface area contributed by atoms with Gasteiger partial charge in [0, 0.05) is 6.07 Å². The number of nitrogen functional groups attached to an aromatic ring is 1. The fourth-order valence-corrected chi connectivity index (χ4v) is 0.725. The van der Waals surface area contributed by atoms with Crippen LogP contribution in [0.25, 0.3) is 0 Å². The molecule has 0 aromatic carbocycles. The van der Waals surface area contributed by atoms with E-state index in [-0.39, 0.29) is 5.56 Å². The molecular weight excluding hydrogens is 162 g/mol. The van der Waals surface area contributed by atoms with E-state index in [1.807, 2.05) is 10.4 Å².